The van der Waals surface area contributed by atoms with Gasteiger partial charge in [0.1, 0.15) is 5.78 Å². The van der Waals surface area contributed by atoms with E-state index < -0.39 is 17.1 Å². The Morgan fingerprint density at radius 3 is 1.82 bits per heavy atom. The molecule has 1 aliphatic rings. The number of aliphatic imine (C=N–C) groups is 1. The molecule has 2 rings (SSSR count). The zero-order valence-electron chi connectivity index (χ0n) is 30.1. The van der Waals surface area contributed by atoms with Gasteiger partial charge in [0, 0.05) is 36.9 Å². The number of allylic oxidation sites excluding steroid dienone is 2. The fraction of sp³-hybridized carbons (Fsp3) is 0.722. The third-order valence-electron chi connectivity index (χ3n) is 6.87. The second-order valence-corrected chi connectivity index (χ2v) is 12.9. The van der Waals surface area contributed by atoms with E-state index >= 15 is 0 Å². The number of alkyl halides is 4. The number of Topliss-reactive ketones (excluding diaryl/α,β-unsaturated/α-hetero) is 1. The molecule has 3 unspecified atom stereocenters. The number of rotatable bonds is 8. The Morgan fingerprint density at radius 2 is 1.52 bits per heavy atom. The minimum atomic E-state index is -3.18. The molecule has 1 heterocycles. The van der Waals surface area contributed by atoms with Crippen molar-refractivity contribution < 1.29 is 22.4 Å². The SMILES string of the molecule is CC(C)=O.CC/C(C)=C/C(C)=NC.CC1CCNC(C(C)C)C1.CCCCC.CCc1cc(C(C)(F)F)cc(C(F)(F)P)c1. The Hall–Kier alpha value is -1.59. The van der Waals surface area contributed by atoms with Crippen LogP contribution in [0.4, 0.5) is 17.6 Å². The molecule has 3 nitrogen and oxygen atoms in total. The summed E-state index contributed by atoms with van der Waals surface area (Å²) < 4.78 is 52.3. The van der Waals surface area contributed by atoms with Gasteiger partial charge in [-0.25, -0.2) is 8.78 Å². The fourth-order valence-corrected chi connectivity index (χ4v) is 4.04. The van der Waals surface area contributed by atoms with Crippen molar-refractivity contribution in [2.75, 3.05) is 13.6 Å². The van der Waals surface area contributed by atoms with Crippen LogP contribution in [-0.2, 0) is 22.8 Å². The lowest BCUT2D eigenvalue weighted by molar-refractivity contribution is -0.115. The van der Waals surface area contributed by atoms with Crippen LogP contribution in [0.5, 0.6) is 0 Å². The maximum Gasteiger partial charge on any atom is 0.283 e. The van der Waals surface area contributed by atoms with Gasteiger partial charge < -0.3 is 10.1 Å². The average molecular weight is 649 g/mol. The second kappa shape index (κ2) is 25.6. The lowest BCUT2D eigenvalue weighted by Gasteiger charge is -2.30. The molecule has 1 aromatic carbocycles. The lowest BCUT2D eigenvalue weighted by atomic mass is 9.88. The summed E-state index contributed by atoms with van der Waals surface area (Å²) in [6.45, 7) is 24.4. The van der Waals surface area contributed by atoms with Crippen molar-refractivity contribution in [1.29, 1.82) is 0 Å². The predicted octanol–water partition coefficient (Wildman–Crippen LogP) is 11.5. The molecule has 44 heavy (non-hydrogen) atoms. The Kier molecular flexibility index (Phi) is 27.2. The summed E-state index contributed by atoms with van der Waals surface area (Å²) in [6, 6.07) is 4.15. The number of unbranched alkanes of at least 4 members (excludes halogenated alkanes) is 2. The van der Waals surface area contributed by atoms with Crippen LogP contribution in [0.15, 0.2) is 34.8 Å². The molecular weight excluding hydrogens is 583 g/mol. The van der Waals surface area contributed by atoms with Crippen molar-refractivity contribution in [3.63, 3.8) is 0 Å². The molecule has 0 amide bonds. The first-order valence-electron chi connectivity index (χ1n) is 16.2. The quantitative estimate of drug-likeness (QED) is 0.173. The van der Waals surface area contributed by atoms with Gasteiger partial charge >= 0.3 is 0 Å². The highest BCUT2D eigenvalue weighted by molar-refractivity contribution is 7.17. The number of piperidine rings is 1. The number of benzene rings is 1. The molecule has 0 radical (unpaired) electrons. The Labute approximate surface area is 270 Å². The van der Waals surface area contributed by atoms with Crippen molar-refractivity contribution >= 4 is 20.7 Å². The molecule has 0 bridgehead atoms. The fourth-order valence-electron chi connectivity index (χ4n) is 3.88. The Balaban J connectivity index is -0.000000521. The smallest absolute Gasteiger partial charge is 0.283 e. The van der Waals surface area contributed by atoms with Crippen molar-refractivity contribution in [2.45, 2.75) is 146 Å². The number of carbonyl (C=O) groups excluding carboxylic acids is 1. The molecule has 0 saturated carbocycles. The van der Waals surface area contributed by atoms with Gasteiger partial charge in [-0.2, -0.15) is 8.78 Å². The highest BCUT2D eigenvalue weighted by Crippen LogP contribution is 2.38. The largest absolute Gasteiger partial charge is 0.314 e. The molecule has 1 aliphatic heterocycles. The minimum Gasteiger partial charge on any atom is -0.314 e. The van der Waals surface area contributed by atoms with Crippen molar-refractivity contribution in [3.05, 3.63) is 46.5 Å². The predicted molar refractivity (Wildman–Crippen MR) is 189 cm³/mol. The molecule has 1 aromatic rings. The normalized spacial score (nSPS) is 17.1. The summed E-state index contributed by atoms with van der Waals surface area (Å²) in [7, 11) is 3.17. The molecule has 0 spiro atoms. The van der Waals surface area contributed by atoms with Gasteiger partial charge in [-0.15, -0.1) is 0 Å². The van der Waals surface area contributed by atoms with Crippen LogP contribution < -0.4 is 5.32 Å². The first kappa shape index (κ1) is 46.8. The number of aryl methyl sites for hydroxylation is 1. The van der Waals surface area contributed by atoms with E-state index in [0.29, 0.717) is 18.9 Å². The number of nitrogens with one attached hydrogen (secondary N) is 1. The summed E-state index contributed by atoms with van der Waals surface area (Å²) in [5, 5.41) is 3.55. The van der Waals surface area contributed by atoms with Gasteiger partial charge in [0.05, 0.1) is 0 Å². The number of halogens is 4. The molecular formula is C36H65F4N2OP. The number of hydrogen-bond donors (Lipinski definition) is 1. The molecule has 0 aromatic heterocycles. The third kappa shape index (κ3) is 26.8. The molecule has 1 saturated heterocycles. The third-order valence-corrected chi connectivity index (χ3v) is 7.20. The number of carbonyl (C=O) groups is 1. The Morgan fingerprint density at radius 1 is 1.02 bits per heavy atom. The summed E-state index contributed by atoms with van der Waals surface area (Å²) in [6.07, 6.45) is 10.5. The summed E-state index contributed by atoms with van der Waals surface area (Å²) in [4.78, 5) is 13.5. The van der Waals surface area contributed by atoms with Crippen LogP contribution in [0.3, 0.4) is 0 Å². The lowest BCUT2D eigenvalue weighted by Crippen LogP contribution is -2.40. The Bertz CT molecular complexity index is 912. The summed E-state index contributed by atoms with van der Waals surface area (Å²) >= 11 is 0. The number of ketones is 1. The second-order valence-electron chi connectivity index (χ2n) is 12.2. The first-order valence-corrected chi connectivity index (χ1v) is 16.8. The van der Waals surface area contributed by atoms with Crippen molar-refractivity contribution in [3.8, 4) is 0 Å². The van der Waals surface area contributed by atoms with Crippen LogP contribution in [0.1, 0.15) is 138 Å². The van der Waals surface area contributed by atoms with Crippen LogP contribution in [0, 0.1) is 11.8 Å². The molecule has 3 atom stereocenters. The van der Waals surface area contributed by atoms with Crippen LogP contribution in [-0.4, -0.2) is 31.1 Å². The summed E-state index contributed by atoms with van der Waals surface area (Å²) in [5.41, 5.74) is -0.966. The van der Waals surface area contributed by atoms with E-state index in [1.807, 2.05) is 14.0 Å². The topological polar surface area (TPSA) is 41.5 Å². The van der Waals surface area contributed by atoms with E-state index in [2.05, 4.69) is 64.9 Å². The van der Waals surface area contributed by atoms with Gasteiger partial charge in [-0.1, -0.05) is 82.5 Å². The molecule has 1 fully saturated rings. The number of nitrogens with zero attached hydrogens (tertiary/aromatic N) is 1. The van der Waals surface area contributed by atoms with Gasteiger partial charge in [0.2, 0.25) is 0 Å². The monoisotopic (exact) mass is 648 g/mol. The highest BCUT2D eigenvalue weighted by Gasteiger charge is 2.30. The number of hydrogen-bond acceptors (Lipinski definition) is 3. The van der Waals surface area contributed by atoms with E-state index in [0.717, 1.165) is 36.1 Å². The first-order chi connectivity index (χ1) is 20.2. The average Bonchev–Trinajstić information content (AvgIpc) is 2.92. The van der Waals surface area contributed by atoms with Crippen LogP contribution >= 0.6 is 9.24 Å². The van der Waals surface area contributed by atoms with Crippen molar-refractivity contribution in [1.82, 2.24) is 5.32 Å². The van der Waals surface area contributed by atoms with E-state index in [-0.39, 0.29) is 11.3 Å². The maximum atomic E-state index is 13.1. The van der Waals surface area contributed by atoms with Gasteiger partial charge in [-0.05, 0) is 102 Å². The maximum absolute atomic E-state index is 13.1. The van der Waals surface area contributed by atoms with Gasteiger partial charge in [0.25, 0.3) is 11.6 Å². The zero-order valence-corrected chi connectivity index (χ0v) is 31.3. The van der Waals surface area contributed by atoms with Crippen LogP contribution in [0.2, 0.25) is 0 Å². The molecule has 1 N–H and O–H groups in total. The molecule has 258 valence electrons. The van der Waals surface area contributed by atoms with E-state index in [9.17, 15) is 22.4 Å². The highest BCUT2D eigenvalue weighted by atomic mass is 31.0. The standard InChI is InChI=1S/C11H13F4P.C9H19N.C8H15N.C5H12.C3H6O/c1-3-7-4-8(10(2,12)13)6-9(5-7)11(14,15)16;1-7(2)9-6-8(3)4-5-10-9;1-5-7(2)6-8(3)9-4;1-3-5-4-2;1-3(2)4/h4-6H,3,16H2,1-2H3;7-10H,4-6H2,1-3H3;6H,5H2,1-4H3;3-5H2,1-2H3;1-2H3/b;;7-6+,9-8?;;. The minimum absolute atomic E-state index is 0.167. The van der Waals surface area contributed by atoms with Gasteiger partial charge in [0.15, 0.2) is 0 Å². The zero-order chi connectivity index (χ0) is 35.1. The molecule has 0 aliphatic carbocycles. The van der Waals surface area contributed by atoms with E-state index in [1.54, 1.807) is 6.92 Å². The summed E-state index contributed by atoms with van der Waals surface area (Å²) in [5.74, 6) is -1.19. The van der Waals surface area contributed by atoms with Crippen molar-refractivity contribution in [2.24, 2.45) is 16.8 Å². The van der Waals surface area contributed by atoms with E-state index in [4.69, 9.17) is 0 Å². The van der Waals surface area contributed by atoms with E-state index in [1.165, 1.54) is 79.4 Å². The van der Waals surface area contributed by atoms with Gasteiger partial charge in [-0.3, -0.25) is 4.99 Å². The molecule has 8 heteroatoms. The van der Waals surface area contributed by atoms with Crippen LogP contribution in [0.25, 0.3) is 0 Å².